The SMILES string of the molecule is COc1ccc(-c2nc(C(=O)Nc3ccc(F)cc3C)cs2)cc1OC. The summed E-state index contributed by atoms with van der Waals surface area (Å²) in [6.45, 7) is 1.73. The van der Waals surface area contributed by atoms with Crippen molar-refractivity contribution < 1.29 is 18.7 Å². The number of anilines is 1. The molecule has 0 spiro atoms. The Hall–Kier alpha value is -2.93. The molecular formula is C19H17FN2O3S. The van der Waals surface area contributed by atoms with Gasteiger partial charge in [-0.25, -0.2) is 9.37 Å². The second-order valence-corrected chi connectivity index (χ2v) is 6.38. The number of halogens is 1. The van der Waals surface area contributed by atoms with Crippen LogP contribution >= 0.6 is 11.3 Å². The lowest BCUT2D eigenvalue weighted by molar-refractivity contribution is 0.102. The van der Waals surface area contributed by atoms with Crippen molar-refractivity contribution in [2.75, 3.05) is 19.5 Å². The molecule has 134 valence electrons. The van der Waals surface area contributed by atoms with Crippen molar-refractivity contribution >= 4 is 22.9 Å². The van der Waals surface area contributed by atoms with E-state index in [1.807, 2.05) is 12.1 Å². The van der Waals surface area contributed by atoms with E-state index in [1.165, 1.54) is 29.5 Å². The molecule has 0 aliphatic heterocycles. The lowest BCUT2D eigenvalue weighted by Crippen LogP contribution is -2.13. The van der Waals surface area contributed by atoms with Gasteiger partial charge in [0.05, 0.1) is 14.2 Å². The van der Waals surface area contributed by atoms with Gasteiger partial charge in [-0.3, -0.25) is 4.79 Å². The highest BCUT2D eigenvalue weighted by molar-refractivity contribution is 7.13. The maximum absolute atomic E-state index is 13.2. The maximum Gasteiger partial charge on any atom is 0.275 e. The average molecular weight is 372 g/mol. The normalized spacial score (nSPS) is 10.5. The minimum atomic E-state index is -0.345. The molecule has 0 saturated heterocycles. The molecule has 7 heteroatoms. The highest BCUT2D eigenvalue weighted by atomic mass is 32.1. The van der Waals surface area contributed by atoms with E-state index in [4.69, 9.17) is 9.47 Å². The molecule has 2 aromatic carbocycles. The number of aryl methyl sites for hydroxylation is 1. The van der Waals surface area contributed by atoms with Crippen LogP contribution in [0.4, 0.5) is 10.1 Å². The molecule has 0 unspecified atom stereocenters. The van der Waals surface area contributed by atoms with Crippen molar-refractivity contribution in [1.29, 1.82) is 0 Å². The van der Waals surface area contributed by atoms with Crippen LogP contribution in [0.15, 0.2) is 41.8 Å². The van der Waals surface area contributed by atoms with Crippen LogP contribution < -0.4 is 14.8 Å². The summed E-state index contributed by atoms with van der Waals surface area (Å²) in [5.41, 5.74) is 2.32. The maximum atomic E-state index is 13.2. The topological polar surface area (TPSA) is 60.5 Å². The summed E-state index contributed by atoms with van der Waals surface area (Å²) in [7, 11) is 3.13. The second kappa shape index (κ2) is 7.53. The van der Waals surface area contributed by atoms with Gasteiger partial charge in [0.15, 0.2) is 11.5 Å². The molecule has 3 rings (SSSR count). The molecule has 5 nitrogen and oxygen atoms in total. The zero-order chi connectivity index (χ0) is 18.7. The Bertz CT molecular complexity index is 956. The first-order valence-electron chi connectivity index (χ1n) is 7.77. The van der Waals surface area contributed by atoms with Crippen molar-refractivity contribution in [2.24, 2.45) is 0 Å². The second-order valence-electron chi connectivity index (χ2n) is 5.52. The van der Waals surface area contributed by atoms with E-state index in [0.717, 1.165) is 5.56 Å². The van der Waals surface area contributed by atoms with Gasteiger partial charge in [0.1, 0.15) is 16.5 Å². The minimum absolute atomic E-state index is 0.295. The largest absolute Gasteiger partial charge is 0.493 e. The average Bonchev–Trinajstić information content (AvgIpc) is 3.13. The van der Waals surface area contributed by atoms with Crippen molar-refractivity contribution in [3.05, 3.63) is 58.9 Å². The van der Waals surface area contributed by atoms with Gasteiger partial charge >= 0.3 is 0 Å². The van der Waals surface area contributed by atoms with E-state index in [1.54, 1.807) is 32.6 Å². The number of carbonyl (C=O) groups is 1. The smallest absolute Gasteiger partial charge is 0.275 e. The summed E-state index contributed by atoms with van der Waals surface area (Å²) in [6.07, 6.45) is 0. The van der Waals surface area contributed by atoms with Crippen molar-refractivity contribution in [3.8, 4) is 22.1 Å². The van der Waals surface area contributed by atoms with Crippen molar-refractivity contribution in [3.63, 3.8) is 0 Å². The van der Waals surface area contributed by atoms with Crippen LogP contribution in [0.3, 0.4) is 0 Å². The van der Waals surface area contributed by atoms with Gasteiger partial charge < -0.3 is 14.8 Å². The van der Waals surface area contributed by atoms with E-state index in [9.17, 15) is 9.18 Å². The Morgan fingerprint density at radius 1 is 1.12 bits per heavy atom. The summed E-state index contributed by atoms with van der Waals surface area (Å²) < 4.78 is 23.7. The number of amides is 1. The van der Waals surface area contributed by atoms with Crippen LogP contribution in [0.25, 0.3) is 10.6 Å². The van der Waals surface area contributed by atoms with Crippen LogP contribution in [0.2, 0.25) is 0 Å². The number of nitrogens with one attached hydrogen (secondary N) is 1. The third-order valence-corrected chi connectivity index (χ3v) is 4.70. The van der Waals surface area contributed by atoms with Crippen LogP contribution in [-0.4, -0.2) is 25.1 Å². The molecule has 0 fully saturated rings. The van der Waals surface area contributed by atoms with E-state index < -0.39 is 0 Å². The summed E-state index contributed by atoms with van der Waals surface area (Å²) >= 11 is 1.35. The molecule has 1 aromatic heterocycles. The zero-order valence-corrected chi connectivity index (χ0v) is 15.3. The lowest BCUT2D eigenvalue weighted by Gasteiger charge is -2.08. The number of benzene rings is 2. The highest BCUT2D eigenvalue weighted by Crippen LogP contribution is 2.33. The van der Waals surface area contributed by atoms with Gasteiger partial charge in [-0.1, -0.05) is 0 Å². The summed E-state index contributed by atoms with van der Waals surface area (Å²) in [5.74, 6) is 0.526. The summed E-state index contributed by atoms with van der Waals surface area (Å²) in [6, 6.07) is 9.65. The quantitative estimate of drug-likeness (QED) is 0.715. The first kappa shape index (κ1) is 17.9. The minimum Gasteiger partial charge on any atom is -0.493 e. The fraction of sp³-hybridized carbons (Fsp3) is 0.158. The molecule has 1 heterocycles. The van der Waals surface area contributed by atoms with Crippen LogP contribution in [0, 0.1) is 12.7 Å². The van der Waals surface area contributed by atoms with E-state index in [2.05, 4.69) is 10.3 Å². The van der Waals surface area contributed by atoms with Gasteiger partial charge in [-0.2, -0.15) is 0 Å². The molecule has 1 amide bonds. The number of thiazole rings is 1. The summed E-state index contributed by atoms with van der Waals surface area (Å²) in [5, 5.41) is 5.12. The number of hydrogen-bond donors (Lipinski definition) is 1. The lowest BCUT2D eigenvalue weighted by atomic mass is 10.2. The number of rotatable bonds is 5. The van der Waals surface area contributed by atoms with Gasteiger partial charge in [-0.15, -0.1) is 11.3 Å². The van der Waals surface area contributed by atoms with Gasteiger partial charge in [0, 0.05) is 16.6 Å². The van der Waals surface area contributed by atoms with Gasteiger partial charge in [-0.05, 0) is 48.9 Å². The number of methoxy groups -OCH3 is 2. The highest BCUT2D eigenvalue weighted by Gasteiger charge is 2.14. The Morgan fingerprint density at radius 3 is 2.58 bits per heavy atom. The van der Waals surface area contributed by atoms with Crippen molar-refractivity contribution in [1.82, 2.24) is 4.98 Å². The number of ether oxygens (including phenoxy) is 2. The fourth-order valence-electron chi connectivity index (χ4n) is 2.43. The molecule has 3 aromatic rings. The third kappa shape index (κ3) is 3.67. The number of nitrogens with zero attached hydrogens (tertiary/aromatic N) is 1. The van der Waals surface area contributed by atoms with Crippen LogP contribution in [-0.2, 0) is 0 Å². The predicted octanol–water partition coefficient (Wildman–Crippen LogP) is 4.53. The third-order valence-electron chi connectivity index (χ3n) is 3.80. The molecule has 0 radical (unpaired) electrons. The monoisotopic (exact) mass is 372 g/mol. The van der Waals surface area contributed by atoms with Gasteiger partial charge in [0.2, 0.25) is 0 Å². The predicted molar refractivity (Wildman–Crippen MR) is 99.7 cm³/mol. The fourth-order valence-corrected chi connectivity index (χ4v) is 3.23. The molecular weight excluding hydrogens is 355 g/mol. The molecule has 0 atom stereocenters. The first-order chi connectivity index (χ1) is 12.5. The first-order valence-corrected chi connectivity index (χ1v) is 8.65. The Morgan fingerprint density at radius 2 is 1.88 bits per heavy atom. The van der Waals surface area contributed by atoms with E-state index in [-0.39, 0.29) is 11.7 Å². The van der Waals surface area contributed by atoms with Crippen molar-refractivity contribution in [2.45, 2.75) is 6.92 Å². The number of hydrogen-bond acceptors (Lipinski definition) is 5. The summed E-state index contributed by atoms with van der Waals surface area (Å²) in [4.78, 5) is 16.8. The molecule has 26 heavy (non-hydrogen) atoms. The van der Waals surface area contributed by atoms with E-state index in [0.29, 0.717) is 33.5 Å². The van der Waals surface area contributed by atoms with E-state index >= 15 is 0 Å². The zero-order valence-electron chi connectivity index (χ0n) is 14.5. The molecule has 0 bridgehead atoms. The number of carbonyl (C=O) groups excluding carboxylic acids is 1. The Balaban J connectivity index is 1.82. The standard InChI is InChI=1S/C19H17FN2O3S/c1-11-8-13(20)5-6-14(11)21-18(23)15-10-26-19(22-15)12-4-7-16(24-2)17(9-12)25-3/h4-10H,1-3H3,(H,21,23). The molecule has 0 aliphatic carbocycles. The molecule has 0 aliphatic rings. The van der Waals surface area contributed by atoms with Crippen LogP contribution in [0.5, 0.6) is 11.5 Å². The van der Waals surface area contributed by atoms with Crippen LogP contribution in [0.1, 0.15) is 16.1 Å². The Labute approximate surface area is 154 Å². The Kier molecular flexibility index (Phi) is 5.18. The number of aromatic nitrogens is 1. The van der Waals surface area contributed by atoms with Gasteiger partial charge in [0.25, 0.3) is 5.91 Å². The molecule has 0 saturated carbocycles. The molecule has 1 N–H and O–H groups in total.